The van der Waals surface area contributed by atoms with Crippen molar-refractivity contribution in [1.29, 1.82) is 0 Å². The molecule has 0 bridgehead atoms. The quantitative estimate of drug-likeness (QED) is 0.309. The fourth-order valence-corrected chi connectivity index (χ4v) is 0.829. The van der Waals surface area contributed by atoms with E-state index in [1.54, 1.807) is 0 Å². The normalized spacial score (nSPS) is 21.9. The first-order valence-corrected chi connectivity index (χ1v) is 2.50. The van der Waals surface area contributed by atoms with E-state index >= 15 is 0 Å². The molecule has 3 N–H and O–H groups in total. The van der Waals surface area contributed by atoms with Crippen LogP contribution in [0.2, 0.25) is 0 Å². The molecular weight excluding hydrogens is 203 g/mol. The summed E-state index contributed by atoms with van der Waals surface area (Å²) in [6.07, 6.45) is 2.65. The molecule has 2 nitrogen and oxygen atoms in total. The Kier molecular flexibility index (Phi) is 3.96. The SMILES string of the molecule is N[NH+]1CCCC1.[I-]. The summed E-state index contributed by atoms with van der Waals surface area (Å²) >= 11 is 0. The summed E-state index contributed by atoms with van der Waals surface area (Å²) in [7, 11) is 0. The number of nitrogens with two attached hydrogens (primary N) is 1. The first-order valence-electron chi connectivity index (χ1n) is 2.50. The van der Waals surface area contributed by atoms with Crippen LogP contribution in [-0.4, -0.2) is 13.1 Å². The van der Waals surface area contributed by atoms with Gasteiger partial charge in [-0.1, -0.05) is 0 Å². The van der Waals surface area contributed by atoms with E-state index in [0.29, 0.717) is 0 Å². The Morgan fingerprint density at radius 2 is 1.57 bits per heavy atom. The molecule has 0 aliphatic carbocycles. The van der Waals surface area contributed by atoms with Gasteiger partial charge >= 0.3 is 0 Å². The van der Waals surface area contributed by atoms with Gasteiger partial charge in [-0.25, -0.2) is 0 Å². The molecule has 1 fully saturated rings. The Morgan fingerprint density at radius 3 is 1.71 bits per heavy atom. The number of hydrogen-bond donors (Lipinski definition) is 2. The maximum absolute atomic E-state index is 5.45. The Bertz CT molecular complexity index is 43.0. The topological polar surface area (TPSA) is 30.5 Å². The highest BCUT2D eigenvalue weighted by molar-refractivity contribution is 4.39. The minimum Gasteiger partial charge on any atom is -1.00 e. The van der Waals surface area contributed by atoms with Gasteiger partial charge in [0.25, 0.3) is 0 Å². The average molecular weight is 214 g/mol. The molecule has 3 heteroatoms. The molecule has 0 aromatic heterocycles. The van der Waals surface area contributed by atoms with Crippen molar-refractivity contribution < 1.29 is 29.0 Å². The highest BCUT2D eigenvalue weighted by Crippen LogP contribution is 1.83. The third-order valence-corrected chi connectivity index (χ3v) is 1.25. The number of halogens is 1. The Morgan fingerprint density at radius 1 is 1.14 bits per heavy atom. The Hall–Kier alpha value is 0.650. The van der Waals surface area contributed by atoms with Gasteiger partial charge < -0.3 is 24.0 Å². The van der Waals surface area contributed by atoms with E-state index in [4.69, 9.17) is 5.84 Å². The molecular formula is C4H11IN2. The maximum Gasteiger partial charge on any atom is 0.0946 e. The van der Waals surface area contributed by atoms with Crippen molar-refractivity contribution in [3.63, 3.8) is 0 Å². The Balaban J connectivity index is 0.000000360. The highest BCUT2D eigenvalue weighted by Gasteiger charge is 2.08. The fraction of sp³-hybridized carbons (Fsp3) is 1.00. The molecule has 1 aliphatic rings. The first-order chi connectivity index (χ1) is 2.89. The molecule has 0 unspecified atom stereocenters. The molecule has 0 amide bonds. The van der Waals surface area contributed by atoms with Crippen LogP contribution < -0.4 is 34.8 Å². The van der Waals surface area contributed by atoms with Gasteiger partial charge in [0, 0.05) is 12.8 Å². The largest absolute Gasteiger partial charge is 1.00 e. The van der Waals surface area contributed by atoms with E-state index in [1.807, 2.05) is 0 Å². The molecule has 1 aliphatic heterocycles. The van der Waals surface area contributed by atoms with Crippen LogP contribution >= 0.6 is 0 Å². The zero-order chi connectivity index (χ0) is 4.41. The van der Waals surface area contributed by atoms with Crippen molar-refractivity contribution in [1.82, 2.24) is 0 Å². The minimum atomic E-state index is 0. The molecule has 1 rings (SSSR count). The lowest BCUT2D eigenvalue weighted by Gasteiger charge is -1.97. The lowest BCUT2D eigenvalue weighted by molar-refractivity contribution is -0.900. The van der Waals surface area contributed by atoms with E-state index < -0.39 is 0 Å². The van der Waals surface area contributed by atoms with Gasteiger partial charge in [-0.2, -0.15) is 5.84 Å². The average Bonchev–Trinajstić information content (AvgIpc) is 1.86. The smallest absolute Gasteiger partial charge is 0.0946 e. The summed E-state index contributed by atoms with van der Waals surface area (Å²) in [5.74, 6) is 5.45. The van der Waals surface area contributed by atoms with E-state index in [-0.39, 0.29) is 24.0 Å². The standard InChI is InChI=1S/C4H10N2.HI/c5-6-3-1-2-4-6;/h1-5H2;1H. The predicted molar refractivity (Wildman–Crippen MR) is 24.1 cm³/mol. The number of quaternary nitrogens is 1. The van der Waals surface area contributed by atoms with Crippen molar-refractivity contribution in [2.24, 2.45) is 5.84 Å². The lowest BCUT2D eigenvalue weighted by atomic mass is 10.4. The summed E-state index contributed by atoms with van der Waals surface area (Å²) in [5, 5.41) is 1.20. The van der Waals surface area contributed by atoms with Crippen molar-refractivity contribution in [3.05, 3.63) is 0 Å². The molecule has 44 valence electrons. The van der Waals surface area contributed by atoms with Crippen LogP contribution in [0, 0.1) is 0 Å². The van der Waals surface area contributed by atoms with Gasteiger partial charge in [-0.05, 0) is 0 Å². The van der Waals surface area contributed by atoms with Crippen LogP contribution in [-0.2, 0) is 0 Å². The fourth-order valence-electron chi connectivity index (χ4n) is 0.829. The van der Waals surface area contributed by atoms with Gasteiger partial charge in [0.05, 0.1) is 13.1 Å². The second kappa shape index (κ2) is 3.63. The molecule has 0 atom stereocenters. The molecule has 0 aromatic carbocycles. The molecule has 0 aromatic rings. The monoisotopic (exact) mass is 214 g/mol. The van der Waals surface area contributed by atoms with Crippen molar-refractivity contribution in [3.8, 4) is 0 Å². The van der Waals surface area contributed by atoms with Gasteiger partial charge in [-0.15, -0.1) is 0 Å². The van der Waals surface area contributed by atoms with Crippen LogP contribution in [0.5, 0.6) is 0 Å². The second-order valence-corrected chi connectivity index (χ2v) is 1.87. The van der Waals surface area contributed by atoms with Crippen LogP contribution in [0.15, 0.2) is 0 Å². The zero-order valence-electron chi connectivity index (χ0n) is 4.28. The summed E-state index contributed by atoms with van der Waals surface area (Å²) < 4.78 is 0. The van der Waals surface area contributed by atoms with Crippen LogP contribution in [0.1, 0.15) is 12.8 Å². The summed E-state index contributed by atoms with van der Waals surface area (Å²) in [6.45, 7) is 2.36. The van der Waals surface area contributed by atoms with E-state index in [2.05, 4.69) is 0 Å². The Labute approximate surface area is 61.0 Å². The van der Waals surface area contributed by atoms with E-state index in [0.717, 1.165) is 0 Å². The second-order valence-electron chi connectivity index (χ2n) is 1.87. The van der Waals surface area contributed by atoms with E-state index in [1.165, 1.54) is 30.9 Å². The molecule has 1 heterocycles. The van der Waals surface area contributed by atoms with Gasteiger partial charge in [0.2, 0.25) is 0 Å². The maximum atomic E-state index is 5.45. The predicted octanol–water partition coefficient (Wildman–Crippen LogP) is -4.46. The summed E-state index contributed by atoms with van der Waals surface area (Å²) in [5.41, 5.74) is 0. The first kappa shape index (κ1) is 7.65. The van der Waals surface area contributed by atoms with Crippen LogP contribution in [0.4, 0.5) is 0 Å². The number of nitrogens with one attached hydrogen (secondary N) is 1. The van der Waals surface area contributed by atoms with Crippen molar-refractivity contribution >= 4 is 0 Å². The third-order valence-electron chi connectivity index (χ3n) is 1.25. The zero-order valence-corrected chi connectivity index (χ0v) is 6.44. The molecule has 0 radical (unpaired) electrons. The van der Waals surface area contributed by atoms with Gasteiger partial charge in [-0.3, -0.25) is 5.01 Å². The number of rotatable bonds is 0. The third kappa shape index (κ3) is 2.46. The van der Waals surface area contributed by atoms with Gasteiger partial charge in [0.15, 0.2) is 0 Å². The van der Waals surface area contributed by atoms with E-state index in [9.17, 15) is 0 Å². The summed E-state index contributed by atoms with van der Waals surface area (Å²) in [4.78, 5) is 0. The van der Waals surface area contributed by atoms with Crippen LogP contribution in [0.3, 0.4) is 0 Å². The highest BCUT2D eigenvalue weighted by atomic mass is 127. The number of hydrogen-bond acceptors (Lipinski definition) is 1. The van der Waals surface area contributed by atoms with Crippen molar-refractivity contribution in [2.45, 2.75) is 12.8 Å². The summed E-state index contributed by atoms with van der Waals surface area (Å²) in [6, 6.07) is 0. The minimum absolute atomic E-state index is 0. The molecule has 0 spiro atoms. The lowest BCUT2D eigenvalue weighted by Crippen LogP contribution is -3.15. The van der Waals surface area contributed by atoms with Crippen LogP contribution in [0.25, 0.3) is 0 Å². The molecule has 0 saturated carbocycles. The van der Waals surface area contributed by atoms with Crippen molar-refractivity contribution in [2.75, 3.05) is 13.1 Å². The molecule has 7 heavy (non-hydrogen) atoms. The molecule has 1 saturated heterocycles. The van der Waals surface area contributed by atoms with Gasteiger partial charge in [0.1, 0.15) is 0 Å².